The van der Waals surface area contributed by atoms with E-state index in [1.807, 2.05) is 24.1 Å². The average Bonchev–Trinajstić information content (AvgIpc) is 2.65. The highest BCUT2D eigenvalue weighted by molar-refractivity contribution is 5.94. The molecule has 4 nitrogen and oxygen atoms in total. The SMILES string of the molecule is CNC(CO)c1ccc2c(c1)CC(C)N2C(C)=O. The molecule has 1 aromatic carbocycles. The van der Waals surface area contributed by atoms with E-state index >= 15 is 0 Å². The van der Waals surface area contributed by atoms with Gasteiger partial charge in [0.05, 0.1) is 12.6 Å². The molecule has 0 bridgehead atoms. The van der Waals surface area contributed by atoms with E-state index in [9.17, 15) is 9.90 Å². The summed E-state index contributed by atoms with van der Waals surface area (Å²) in [6, 6.07) is 6.22. The van der Waals surface area contributed by atoms with Crippen molar-refractivity contribution >= 4 is 11.6 Å². The number of nitrogens with zero attached hydrogens (tertiary/aromatic N) is 1. The predicted octanol–water partition coefficient (Wildman–Crippen LogP) is 1.24. The van der Waals surface area contributed by atoms with Gasteiger partial charge in [-0.15, -0.1) is 0 Å². The summed E-state index contributed by atoms with van der Waals surface area (Å²) in [7, 11) is 1.83. The summed E-state index contributed by atoms with van der Waals surface area (Å²) in [6.07, 6.45) is 0.880. The van der Waals surface area contributed by atoms with Gasteiger partial charge in [-0.3, -0.25) is 4.79 Å². The molecule has 2 N–H and O–H groups in total. The Balaban J connectivity index is 2.36. The molecule has 0 aromatic heterocycles. The summed E-state index contributed by atoms with van der Waals surface area (Å²) in [6.45, 7) is 3.73. The number of amides is 1. The van der Waals surface area contributed by atoms with Gasteiger partial charge in [-0.1, -0.05) is 12.1 Å². The number of nitrogens with one attached hydrogen (secondary N) is 1. The Morgan fingerprint density at radius 2 is 2.33 bits per heavy atom. The zero-order valence-electron chi connectivity index (χ0n) is 11.1. The lowest BCUT2D eigenvalue weighted by Gasteiger charge is -2.21. The van der Waals surface area contributed by atoms with Gasteiger partial charge in [0, 0.05) is 18.7 Å². The van der Waals surface area contributed by atoms with Crippen LogP contribution < -0.4 is 10.2 Å². The highest BCUT2D eigenvalue weighted by Crippen LogP contribution is 2.33. The quantitative estimate of drug-likeness (QED) is 0.846. The van der Waals surface area contributed by atoms with Gasteiger partial charge in [-0.2, -0.15) is 0 Å². The Kier molecular flexibility index (Phi) is 3.68. The molecule has 0 radical (unpaired) electrons. The second-order valence-electron chi connectivity index (χ2n) is 4.85. The van der Waals surface area contributed by atoms with Crippen molar-refractivity contribution in [3.8, 4) is 0 Å². The fourth-order valence-electron chi connectivity index (χ4n) is 2.71. The van der Waals surface area contributed by atoms with Crippen molar-refractivity contribution in [3.63, 3.8) is 0 Å². The van der Waals surface area contributed by atoms with Crippen LogP contribution in [0.2, 0.25) is 0 Å². The van der Waals surface area contributed by atoms with Gasteiger partial charge in [0.1, 0.15) is 0 Å². The third-order valence-electron chi connectivity index (χ3n) is 3.59. The van der Waals surface area contributed by atoms with Crippen molar-refractivity contribution in [2.24, 2.45) is 0 Å². The first kappa shape index (κ1) is 13.1. The van der Waals surface area contributed by atoms with Gasteiger partial charge < -0.3 is 15.3 Å². The number of hydrogen-bond acceptors (Lipinski definition) is 3. The molecule has 4 heteroatoms. The monoisotopic (exact) mass is 248 g/mol. The molecular formula is C14H20N2O2. The van der Waals surface area contributed by atoms with Crippen LogP contribution in [0.1, 0.15) is 31.0 Å². The molecule has 2 rings (SSSR count). The number of benzene rings is 1. The number of carbonyl (C=O) groups is 1. The molecule has 1 aliphatic heterocycles. The molecule has 2 atom stereocenters. The standard InChI is InChI=1S/C14H20N2O2/c1-9-6-12-7-11(13(8-17)15-3)4-5-14(12)16(9)10(2)18/h4-5,7,9,13,15,17H,6,8H2,1-3H3. The lowest BCUT2D eigenvalue weighted by molar-refractivity contribution is -0.116. The minimum Gasteiger partial charge on any atom is -0.394 e. The highest BCUT2D eigenvalue weighted by atomic mass is 16.3. The number of anilines is 1. The van der Waals surface area contributed by atoms with E-state index in [4.69, 9.17) is 0 Å². The minimum atomic E-state index is -0.0445. The first-order valence-electron chi connectivity index (χ1n) is 6.29. The molecule has 0 saturated carbocycles. The van der Waals surface area contributed by atoms with E-state index in [0.29, 0.717) is 0 Å². The molecule has 2 unspecified atom stereocenters. The minimum absolute atomic E-state index is 0.0445. The number of likely N-dealkylation sites (N-methyl/N-ethyl adjacent to an activating group) is 1. The zero-order valence-corrected chi connectivity index (χ0v) is 11.1. The zero-order chi connectivity index (χ0) is 13.3. The van der Waals surface area contributed by atoms with Gasteiger partial charge >= 0.3 is 0 Å². The molecule has 1 aliphatic rings. The number of aliphatic hydroxyl groups is 1. The van der Waals surface area contributed by atoms with Crippen LogP contribution in [0.15, 0.2) is 18.2 Å². The fraction of sp³-hybridized carbons (Fsp3) is 0.500. The van der Waals surface area contributed by atoms with Crippen molar-refractivity contribution in [1.82, 2.24) is 5.32 Å². The van der Waals surface area contributed by atoms with E-state index in [2.05, 4.69) is 18.3 Å². The van der Waals surface area contributed by atoms with E-state index in [1.165, 1.54) is 5.56 Å². The van der Waals surface area contributed by atoms with Crippen LogP contribution in [-0.4, -0.2) is 30.7 Å². The summed E-state index contributed by atoms with van der Waals surface area (Å²) < 4.78 is 0. The van der Waals surface area contributed by atoms with Gasteiger partial charge in [0.25, 0.3) is 0 Å². The fourth-order valence-corrected chi connectivity index (χ4v) is 2.71. The molecule has 98 valence electrons. The van der Waals surface area contributed by atoms with Gasteiger partial charge in [-0.05, 0) is 37.6 Å². The average molecular weight is 248 g/mol. The van der Waals surface area contributed by atoms with Crippen LogP contribution in [0, 0.1) is 0 Å². The molecule has 18 heavy (non-hydrogen) atoms. The van der Waals surface area contributed by atoms with Crippen LogP contribution in [-0.2, 0) is 11.2 Å². The molecule has 0 aliphatic carbocycles. The number of rotatable bonds is 3. The summed E-state index contributed by atoms with van der Waals surface area (Å²) in [5.41, 5.74) is 3.26. The Hall–Kier alpha value is -1.39. The maximum atomic E-state index is 11.6. The van der Waals surface area contributed by atoms with Crippen LogP contribution in [0.4, 0.5) is 5.69 Å². The van der Waals surface area contributed by atoms with E-state index in [0.717, 1.165) is 17.7 Å². The normalized spacial score (nSPS) is 19.8. The predicted molar refractivity (Wildman–Crippen MR) is 71.7 cm³/mol. The number of carbonyl (C=O) groups excluding carboxylic acids is 1. The largest absolute Gasteiger partial charge is 0.394 e. The topological polar surface area (TPSA) is 52.6 Å². The Labute approximate surface area is 108 Å². The van der Waals surface area contributed by atoms with E-state index in [-0.39, 0.29) is 24.6 Å². The Morgan fingerprint density at radius 1 is 1.61 bits per heavy atom. The smallest absolute Gasteiger partial charge is 0.224 e. The van der Waals surface area contributed by atoms with Crippen LogP contribution in [0.25, 0.3) is 0 Å². The van der Waals surface area contributed by atoms with Gasteiger partial charge in [0.15, 0.2) is 0 Å². The maximum Gasteiger partial charge on any atom is 0.224 e. The first-order chi connectivity index (χ1) is 8.58. The first-order valence-corrected chi connectivity index (χ1v) is 6.29. The molecular weight excluding hydrogens is 228 g/mol. The number of hydrogen-bond donors (Lipinski definition) is 2. The third kappa shape index (κ3) is 2.13. The lowest BCUT2D eigenvalue weighted by atomic mass is 10.0. The molecule has 1 heterocycles. The molecule has 1 amide bonds. The maximum absolute atomic E-state index is 11.6. The second kappa shape index (κ2) is 5.08. The van der Waals surface area contributed by atoms with Crippen molar-refractivity contribution in [1.29, 1.82) is 0 Å². The van der Waals surface area contributed by atoms with Crippen molar-refractivity contribution < 1.29 is 9.90 Å². The van der Waals surface area contributed by atoms with E-state index < -0.39 is 0 Å². The number of aliphatic hydroxyl groups excluding tert-OH is 1. The molecule has 0 saturated heterocycles. The lowest BCUT2D eigenvalue weighted by Crippen LogP contribution is -2.33. The van der Waals surface area contributed by atoms with Crippen LogP contribution in [0.5, 0.6) is 0 Å². The van der Waals surface area contributed by atoms with Gasteiger partial charge in [0.2, 0.25) is 5.91 Å². The highest BCUT2D eigenvalue weighted by Gasteiger charge is 2.29. The Bertz CT molecular complexity index is 455. The third-order valence-corrected chi connectivity index (χ3v) is 3.59. The van der Waals surface area contributed by atoms with Crippen molar-refractivity contribution in [2.45, 2.75) is 32.4 Å². The van der Waals surface area contributed by atoms with Crippen molar-refractivity contribution in [2.75, 3.05) is 18.6 Å². The summed E-state index contributed by atoms with van der Waals surface area (Å²) >= 11 is 0. The molecule has 0 spiro atoms. The van der Waals surface area contributed by atoms with Crippen molar-refractivity contribution in [3.05, 3.63) is 29.3 Å². The molecule has 1 aromatic rings. The summed E-state index contributed by atoms with van der Waals surface area (Å²) in [5, 5.41) is 12.4. The number of fused-ring (bicyclic) bond motifs is 1. The van der Waals surface area contributed by atoms with Crippen LogP contribution >= 0.6 is 0 Å². The summed E-state index contributed by atoms with van der Waals surface area (Å²) in [4.78, 5) is 13.5. The summed E-state index contributed by atoms with van der Waals surface area (Å²) in [5.74, 6) is 0.0846. The van der Waals surface area contributed by atoms with Gasteiger partial charge in [-0.25, -0.2) is 0 Å². The Morgan fingerprint density at radius 3 is 2.89 bits per heavy atom. The van der Waals surface area contributed by atoms with Crippen LogP contribution in [0.3, 0.4) is 0 Å². The molecule has 0 fully saturated rings. The van der Waals surface area contributed by atoms with E-state index in [1.54, 1.807) is 6.92 Å². The second-order valence-corrected chi connectivity index (χ2v) is 4.85.